The molecular formula is C12H24N2O. The summed E-state index contributed by atoms with van der Waals surface area (Å²) in [5, 5.41) is 0. The molecule has 0 radical (unpaired) electrons. The van der Waals surface area contributed by atoms with Gasteiger partial charge in [-0.2, -0.15) is 0 Å². The van der Waals surface area contributed by atoms with E-state index in [0.29, 0.717) is 18.4 Å². The predicted molar refractivity (Wildman–Crippen MR) is 62.4 cm³/mol. The van der Waals surface area contributed by atoms with E-state index in [-0.39, 0.29) is 5.92 Å². The van der Waals surface area contributed by atoms with Crippen LogP contribution in [0.3, 0.4) is 0 Å². The monoisotopic (exact) mass is 212 g/mol. The Morgan fingerprint density at radius 1 is 1.40 bits per heavy atom. The van der Waals surface area contributed by atoms with Gasteiger partial charge >= 0.3 is 0 Å². The zero-order valence-electron chi connectivity index (χ0n) is 10.0. The Morgan fingerprint density at radius 2 is 2.00 bits per heavy atom. The maximum Gasteiger partial charge on any atom is 0.225 e. The lowest BCUT2D eigenvalue weighted by molar-refractivity contribution is -0.135. The van der Waals surface area contributed by atoms with Crippen molar-refractivity contribution in [3.8, 4) is 0 Å². The lowest BCUT2D eigenvalue weighted by atomic mass is 9.88. The van der Waals surface area contributed by atoms with Gasteiger partial charge in [-0.3, -0.25) is 4.79 Å². The Kier molecular flexibility index (Phi) is 5.09. The minimum Gasteiger partial charge on any atom is -0.345 e. The van der Waals surface area contributed by atoms with Crippen LogP contribution in [0.15, 0.2) is 0 Å². The first kappa shape index (κ1) is 12.5. The topological polar surface area (TPSA) is 46.3 Å². The molecule has 1 unspecified atom stereocenters. The van der Waals surface area contributed by atoms with Crippen LogP contribution in [0.2, 0.25) is 0 Å². The molecule has 0 aromatic heterocycles. The van der Waals surface area contributed by atoms with Gasteiger partial charge in [-0.25, -0.2) is 0 Å². The van der Waals surface area contributed by atoms with E-state index in [1.807, 2.05) is 11.9 Å². The van der Waals surface area contributed by atoms with Crippen LogP contribution >= 0.6 is 0 Å². The number of hydrogen-bond acceptors (Lipinski definition) is 2. The average Bonchev–Trinajstić information content (AvgIpc) is 2.29. The molecule has 0 saturated heterocycles. The van der Waals surface area contributed by atoms with Gasteiger partial charge in [-0.05, 0) is 25.3 Å². The van der Waals surface area contributed by atoms with Crippen LogP contribution in [0.1, 0.15) is 39.0 Å². The Morgan fingerprint density at radius 3 is 2.53 bits per heavy atom. The first-order valence-corrected chi connectivity index (χ1v) is 6.10. The largest absolute Gasteiger partial charge is 0.345 e. The molecule has 2 N–H and O–H groups in total. The third kappa shape index (κ3) is 3.82. The van der Waals surface area contributed by atoms with Gasteiger partial charge in [0.05, 0.1) is 0 Å². The summed E-state index contributed by atoms with van der Waals surface area (Å²) in [5.74, 6) is 1.02. The number of carbonyl (C=O) groups excluding carboxylic acids is 1. The molecule has 1 aliphatic carbocycles. The van der Waals surface area contributed by atoms with Crippen molar-refractivity contribution in [2.45, 2.75) is 39.0 Å². The van der Waals surface area contributed by atoms with E-state index in [4.69, 9.17) is 5.73 Å². The second-order valence-corrected chi connectivity index (χ2v) is 4.89. The SMILES string of the molecule is CC(CN)CN(C)C(=O)C1CCCCC1. The minimum absolute atomic E-state index is 0.286. The lowest BCUT2D eigenvalue weighted by Crippen LogP contribution is -2.38. The number of rotatable bonds is 4. The third-order valence-electron chi connectivity index (χ3n) is 3.32. The number of nitrogens with zero attached hydrogens (tertiary/aromatic N) is 1. The second-order valence-electron chi connectivity index (χ2n) is 4.89. The Bertz CT molecular complexity index is 200. The van der Waals surface area contributed by atoms with Crippen LogP contribution in [0.25, 0.3) is 0 Å². The third-order valence-corrected chi connectivity index (χ3v) is 3.32. The van der Waals surface area contributed by atoms with Gasteiger partial charge in [0.25, 0.3) is 0 Å². The molecule has 0 aromatic rings. The summed E-state index contributed by atoms with van der Waals surface area (Å²) in [6, 6.07) is 0. The molecule has 0 bridgehead atoms. The zero-order chi connectivity index (χ0) is 11.3. The molecule has 1 amide bonds. The van der Waals surface area contributed by atoms with Gasteiger partial charge in [0, 0.05) is 19.5 Å². The number of hydrogen-bond donors (Lipinski definition) is 1. The van der Waals surface area contributed by atoms with E-state index >= 15 is 0 Å². The average molecular weight is 212 g/mol. The molecule has 1 saturated carbocycles. The smallest absolute Gasteiger partial charge is 0.225 e. The van der Waals surface area contributed by atoms with Crippen molar-refractivity contribution < 1.29 is 4.79 Å². The van der Waals surface area contributed by atoms with Crippen molar-refractivity contribution in [2.75, 3.05) is 20.1 Å². The highest BCUT2D eigenvalue weighted by molar-refractivity contribution is 5.78. The van der Waals surface area contributed by atoms with Gasteiger partial charge in [-0.1, -0.05) is 26.2 Å². The molecule has 0 spiro atoms. The normalized spacial score (nSPS) is 19.9. The van der Waals surface area contributed by atoms with E-state index in [1.165, 1.54) is 19.3 Å². The number of amides is 1. The van der Waals surface area contributed by atoms with Crippen LogP contribution < -0.4 is 5.73 Å². The second kappa shape index (κ2) is 6.11. The summed E-state index contributed by atoms with van der Waals surface area (Å²) in [4.78, 5) is 13.9. The van der Waals surface area contributed by atoms with Crippen LogP contribution in [0.5, 0.6) is 0 Å². The van der Waals surface area contributed by atoms with Gasteiger partial charge in [-0.15, -0.1) is 0 Å². The van der Waals surface area contributed by atoms with Crippen LogP contribution in [0, 0.1) is 11.8 Å². The molecule has 1 fully saturated rings. The quantitative estimate of drug-likeness (QED) is 0.769. The zero-order valence-corrected chi connectivity index (χ0v) is 10.0. The lowest BCUT2D eigenvalue weighted by Gasteiger charge is -2.28. The first-order chi connectivity index (χ1) is 7.15. The van der Waals surface area contributed by atoms with E-state index in [0.717, 1.165) is 19.4 Å². The fourth-order valence-corrected chi connectivity index (χ4v) is 2.29. The van der Waals surface area contributed by atoms with Gasteiger partial charge in [0.1, 0.15) is 0 Å². The highest BCUT2D eigenvalue weighted by Gasteiger charge is 2.24. The number of nitrogens with two attached hydrogens (primary N) is 1. The molecule has 1 atom stereocenters. The van der Waals surface area contributed by atoms with E-state index in [2.05, 4.69) is 6.92 Å². The summed E-state index contributed by atoms with van der Waals surface area (Å²) in [6.07, 6.45) is 5.90. The van der Waals surface area contributed by atoms with Crippen LogP contribution in [0.4, 0.5) is 0 Å². The van der Waals surface area contributed by atoms with E-state index in [1.54, 1.807) is 0 Å². The summed E-state index contributed by atoms with van der Waals surface area (Å²) in [6.45, 7) is 3.54. The van der Waals surface area contributed by atoms with E-state index < -0.39 is 0 Å². The number of carbonyl (C=O) groups is 1. The molecule has 88 valence electrons. The Balaban J connectivity index is 2.37. The van der Waals surface area contributed by atoms with Gasteiger partial charge < -0.3 is 10.6 Å². The Labute approximate surface area is 93.0 Å². The van der Waals surface area contributed by atoms with Crippen LogP contribution in [-0.4, -0.2) is 30.9 Å². The molecular weight excluding hydrogens is 188 g/mol. The maximum absolute atomic E-state index is 12.0. The fourth-order valence-electron chi connectivity index (χ4n) is 2.29. The molecule has 15 heavy (non-hydrogen) atoms. The molecule has 0 heterocycles. The van der Waals surface area contributed by atoms with Crippen molar-refractivity contribution in [3.05, 3.63) is 0 Å². The van der Waals surface area contributed by atoms with E-state index in [9.17, 15) is 4.79 Å². The predicted octanol–water partition coefficient (Wildman–Crippen LogP) is 1.62. The van der Waals surface area contributed by atoms with Gasteiger partial charge in [0.2, 0.25) is 5.91 Å². The van der Waals surface area contributed by atoms with Crippen LogP contribution in [-0.2, 0) is 4.79 Å². The van der Waals surface area contributed by atoms with Crippen molar-refractivity contribution in [3.63, 3.8) is 0 Å². The van der Waals surface area contributed by atoms with Crippen molar-refractivity contribution in [1.29, 1.82) is 0 Å². The summed E-state index contributed by atoms with van der Waals surface area (Å²) < 4.78 is 0. The molecule has 3 nitrogen and oxygen atoms in total. The molecule has 3 heteroatoms. The highest BCUT2D eigenvalue weighted by Crippen LogP contribution is 2.25. The summed E-state index contributed by atoms with van der Waals surface area (Å²) >= 11 is 0. The Hall–Kier alpha value is -0.570. The molecule has 1 rings (SSSR count). The molecule has 0 aliphatic heterocycles. The maximum atomic E-state index is 12.0. The van der Waals surface area contributed by atoms with Crippen molar-refractivity contribution in [1.82, 2.24) is 4.90 Å². The molecule has 0 aromatic carbocycles. The van der Waals surface area contributed by atoms with Gasteiger partial charge in [0.15, 0.2) is 0 Å². The fraction of sp³-hybridized carbons (Fsp3) is 0.917. The standard InChI is InChI=1S/C12H24N2O/c1-10(8-13)9-14(2)12(15)11-6-4-3-5-7-11/h10-11H,3-9,13H2,1-2H3. The van der Waals surface area contributed by atoms with Crippen molar-refractivity contribution in [2.24, 2.45) is 17.6 Å². The first-order valence-electron chi connectivity index (χ1n) is 6.10. The van der Waals surface area contributed by atoms with Crippen molar-refractivity contribution >= 4 is 5.91 Å². The highest BCUT2D eigenvalue weighted by atomic mass is 16.2. The minimum atomic E-state index is 0.286. The summed E-state index contributed by atoms with van der Waals surface area (Å²) in [7, 11) is 1.91. The molecule has 1 aliphatic rings. The summed E-state index contributed by atoms with van der Waals surface area (Å²) in [5.41, 5.74) is 5.56.